The predicted molar refractivity (Wildman–Crippen MR) is 25.5 cm³/mol. The number of nitrogens with one attached hydrogen (secondary N) is 1. The maximum Gasteiger partial charge on any atom is 0.187 e. The molecule has 0 spiro atoms. The van der Waals surface area contributed by atoms with Crippen LogP contribution in [0.4, 0.5) is 0 Å². The van der Waals surface area contributed by atoms with Gasteiger partial charge in [0.05, 0.1) is 12.1 Å². The summed E-state index contributed by atoms with van der Waals surface area (Å²) in [5.74, 6) is 0. The Bertz CT molecular complexity index is 117. The van der Waals surface area contributed by atoms with E-state index < -0.39 is 0 Å². The molecule has 0 amide bonds. The van der Waals surface area contributed by atoms with Gasteiger partial charge in [-0.15, -0.1) is 0 Å². The van der Waals surface area contributed by atoms with Gasteiger partial charge in [0.25, 0.3) is 0 Å². The quantitative estimate of drug-likeness (QED) is 0.110. The van der Waals surface area contributed by atoms with Crippen molar-refractivity contribution in [1.82, 2.24) is 4.72 Å². The normalized spacial score (nSPS) is 5.57. The summed E-state index contributed by atoms with van der Waals surface area (Å²) in [7, 11) is 0. The maximum absolute atomic E-state index is 7.73. The summed E-state index contributed by atoms with van der Waals surface area (Å²) in [5.41, 5.74) is 7.58. The number of nitrogens with zero attached hydrogens (tertiary/aromatic N) is 4. The van der Waals surface area contributed by atoms with Crippen molar-refractivity contribution >= 4 is 12.1 Å². The van der Waals surface area contributed by atoms with Crippen LogP contribution in [0.15, 0.2) is 4.52 Å². The van der Waals surface area contributed by atoms with Gasteiger partial charge in [-0.05, 0) is 10.1 Å². The van der Waals surface area contributed by atoms with Gasteiger partial charge in [-0.2, -0.15) is 5.26 Å². The van der Waals surface area contributed by atoms with Crippen LogP contribution < -0.4 is 4.72 Å². The van der Waals surface area contributed by atoms with E-state index in [1.165, 1.54) is 0 Å². The number of azide groups is 1. The van der Waals surface area contributed by atoms with E-state index in [9.17, 15) is 0 Å². The minimum atomic E-state index is 0.650. The molecule has 0 aliphatic carbocycles. The van der Waals surface area contributed by atoms with Crippen molar-refractivity contribution < 1.29 is 0 Å². The van der Waals surface area contributed by atoms with Crippen LogP contribution in [0.5, 0.6) is 0 Å². The minimum Gasteiger partial charge on any atom is -0.260 e. The van der Waals surface area contributed by atoms with Crippen LogP contribution in [0.3, 0.4) is 0 Å². The van der Waals surface area contributed by atoms with Crippen LogP contribution in [-0.4, -0.2) is 0 Å². The summed E-state index contributed by atoms with van der Waals surface area (Å²) >= 11 is 0.650. The van der Waals surface area contributed by atoms with Crippen LogP contribution in [0.25, 0.3) is 10.4 Å². The van der Waals surface area contributed by atoms with Crippen LogP contribution in [0.2, 0.25) is 0 Å². The molecule has 0 bridgehead atoms. The molecule has 0 fully saturated rings. The van der Waals surface area contributed by atoms with Gasteiger partial charge < -0.3 is 0 Å². The van der Waals surface area contributed by atoms with Crippen molar-refractivity contribution in [2.75, 3.05) is 0 Å². The second-order valence-electron chi connectivity index (χ2n) is 0.476. The van der Waals surface area contributed by atoms with Crippen molar-refractivity contribution in [3.63, 3.8) is 0 Å². The first-order chi connectivity index (χ1) is 3.41. The van der Waals surface area contributed by atoms with E-state index in [0.717, 1.165) is 0 Å². The Balaban J connectivity index is 3.03. The molecular formula is CHN5S. The molecule has 0 heterocycles. The lowest BCUT2D eigenvalue weighted by Gasteiger charge is -1.75. The Morgan fingerprint density at radius 3 is 3.14 bits per heavy atom. The predicted octanol–water partition coefficient (Wildman–Crippen LogP) is 0.931. The number of hydrogen-bond acceptors (Lipinski definition) is 4. The first-order valence-electron chi connectivity index (χ1n) is 1.26. The van der Waals surface area contributed by atoms with E-state index in [1.807, 2.05) is 0 Å². The van der Waals surface area contributed by atoms with E-state index in [0.29, 0.717) is 12.1 Å². The highest BCUT2D eigenvalue weighted by atomic mass is 32.2. The Labute approximate surface area is 44.2 Å². The molecule has 7 heavy (non-hydrogen) atoms. The van der Waals surface area contributed by atoms with Gasteiger partial charge in [0.1, 0.15) is 0 Å². The summed E-state index contributed by atoms with van der Waals surface area (Å²) < 4.78 is 4.98. The fourth-order valence-electron chi connectivity index (χ4n) is 0.0591. The molecule has 0 aliphatic heterocycles. The number of rotatable bonds is 2. The second-order valence-corrected chi connectivity index (χ2v) is 1.03. The minimum absolute atomic E-state index is 0.650. The van der Waals surface area contributed by atoms with Crippen molar-refractivity contribution in [2.24, 2.45) is 4.52 Å². The van der Waals surface area contributed by atoms with Gasteiger partial charge in [-0.3, -0.25) is 4.72 Å². The molecule has 0 rings (SSSR count). The molecule has 5 nitrogen and oxygen atoms in total. The zero-order valence-corrected chi connectivity index (χ0v) is 4.01. The monoisotopic (exact) mass is 115 g/mol. The van der Waals surface area contributed by atoms with Crippen LogP contribution in [-0.2, 0) is 0 Å². The van der Waals surface area contributed by atoms with Crippen LogP contribution >= 0.6 is 12.1 Å². The molecule has 0 aromatic rings. The van der Waals surface area contributed by atoms with Crippen LogP contribution in [0, 0.1) is 11.5 Å². The van der Waals surface area contributed by atoms with E-state index in [4.69, 9.17) is 10.8 Å². The molecule has 36 valence electrons. The number of hydrogen-bond donors (Lipinski definition) is 1. The highest BCUT2D eigenvalue weighted by molar-refractivity contribution is 7.96. The van der Waals surface area contributed by atoms with Crippen molar-refractivity contribution in [1.29, 1.82) is 5.26 Å². The molecule has 0 aromatic carbocycles. The topological polar surface area (TPSA) is 84.6 Å². The Kier molecular flexibility index (Phi) is 4.21. The average molecular weight is 115 g/mol. The van der Waals surface area contributed by atoms with Crippen molar-refractivity contribution in [2.45, 2.75) is 0 Å². The lowest BCUT2D eigenvalue weighted by atomic mass is 11.5. The lowest BCUT2D eigenvalue weighted by molar-refractivity contribution is 1.36. The zero-order chi connectivity index (χ0) is 5.54. The Morgan fingerprint density at radius 2 is 2.71 bits per heavy atom. The lowest BCUT2D eigenvalue weighted by Crippen LogP contribution is -1.83. The first kappa shape index (κ1) is 5.95. The third kappa shape index (κ3) is 4.95. The fraction of sp³-hybridized carbons (Fsp3) is 0. The molecule has 0 unspecified atom stereocenters. The van der Waals surface area contributed by atoms with Gasteiger partial charge in [0.2, 0.25) is 0 Å². The van der Waals surface area contributed by atoms with Gasteiger partial charge in [-0.1, -0.05) is 0 Å². The Hall–Kier alpha value is -1.05. The third-order valence-corrected chi connectivity index (χ3v) is 0.506. The zero-order valence-electron chi connectivity index (χ0n) is 3.20. The summed E-state index contributed by atoms with van der Waals surface area (Å²) in [4.78, 5) is 2.35. The molecule has 0 radical (unpaired) electrons. The third-order valence-electron chi connectivity index (χ3n) is 0.169. The standard InChI is InChI=1S/CHN5S/c2-1-4-7-6-5-3/h4H. The highest BCUT2D eigenvalue weighted by Gasteiger charge is 1.68. The molecule has 1 N–H and O–H groups in total. The first-order valence-corrected chi connectivity index (χ1v) is 2.03. The summed E-state index contributed by atoms with van der Waals surface area (Å²) in [5, 5.41) is 7.73. The number of nitriles is 1. The second kappa shape index (κ2) is 4.95. The smallest absolute Gasteiger partial charge is 0.187 e. The van der Waals surface area contributed by atoms with E-state index in [-0.39, 0.29) is 0 Å². The van der Waals surface area contributed by atoms with Crippen LogP contribution in [0.1, 0.15) is 0 Å². The summed E-state index contributed by atoms with van der Waals surface area (Å²) in [6.07, 6.45) is 1.55. The van der Waals surface area contributed by atoms with Gasteiger partial charge in [0, 0.05) is 4.91 Å². The molecule has 0 atom stereocenters. The average Bonchev–Trinajstić information content (AvgIpc) is 1.69. The molecular weight excluding hydrogens is 114 g/mol. The molecule has 0 saturated carbocycles. The molecule has 0 saturated heterocycles. The molecule has 6 heteroatoms. The van der Waals surface area contributed by atoms with E-state index >= 15 is 0 Å². The molecule has 0 aromatic heterocycles. The van der Waals surface area contributed by atoms with Gasteiger partial charge >= 0.3 is 0 Å². The van der Waals surface area contributed by atoms with E-state index in [2.05, 4.69) is 14.2 Å². The maximum atomic E-state index is 7.73. The van der Waals surface area contributed by atoms with Gasteiger partial charge in [-0.25, -0.2) is 0 Å². The summed E-state index contributed by atoms with van der Waals surface area (Å²) in [6, 6.07) is 0. The van der Waals surface area contributed by atoms with Crippen molar-refractivity contribution in [3.05, 3.63) is 10.4 Å². The fourth-order valence-corrected chi connectivity index (χ4v) is 0.177. The largest absolute Gasteiger partial charge is 0.260 e. The van der Waals surface area contributed by atoms with Crippen molar-refractivity contribution in [3.8, 4) is 6.19 Å². The molecule has 0 aliphatic rings. The Morgan fingerprint density at radius 1 is 2.00 bits per heavy atom. The van der Waals surface area contributed by atoms with Gasteiger partial charge in [0.15, 0.2) is 6.19 Å². The summed E-state index contributed by atoms with van der Waals surface area (Å²) in [6.45, 7) is 0. The SMILES string of the molecule is N#CNSN=[N+]=[N-]. The van der Waals surface area contributed by atoms with E-state index in [1.54, 1.807) is 6.19 Å². The highest BCUT2D eigenvalue weighted by Crippen LogP contribution is 1.90.